The van der Waals surface area contributed by atoms with E-state index in [0.29, 0.717) is 0 Å². The summed E-state index contributed by atoms with van der Waals surface area (Å²) in [7, 11) is 2.09. The minimum atomic E-state index is -0.0287. The third kappa shape index (κ3) is 3.40. The van der Waals surface area contributed by atoms with Crippen molar-refractivity contribution in [3.8, 4) is 0 Å². The average Bonchev–Trinajstić information content (AvgIpc) is 2.38. The summed E-state index contributed by atoms with van der Waals surface area (Å²) in [6.07, 6.45) is 2.83. The van der Waals surface area contributed by atoms with Crippen LogP contribution in [0.25, 0.3) is 0 Å². The van der Waals surface area contributed by atoms with Gasteiger partial charge < -0.3 is 15.0 Å². The Morgan fingerprint density at radius 3 is 3.17 bits per heavy atom. The SMILES string of the molecule is CCCNc1nc(C2CN(C)CCO2)ncc1Br. The van der Waals surface area contributed by atoms with Gasteiger partial charge in [-0.25, -0.2) is 9.97 Å². The first-order chi connectivity index (χ1) is 8.70. The Bertz CT molecular complexity index is 402. The van der Waals surface area contributed by atoms with Crippen LogP contribution < -0.4 is 5.32 Å². The lowest BCUT2D eigenvalue weighted by Crippen LogP contribution is -2.36. The van der Waals surface area contributed by atoms with E-state index in [-0.39, 0.29) is 6.10 Å². The molecule has 1 fully saturated rings. The van der Waals surface area contributed by atoms with Crippen molar-refractivity contribution >= 4 is 21.7 Å². The minimum absolute atomic E-state index is 0.0287. The van der Waals surface area contributed by atoms with Crippen molar-refractivity contribution in [2.45, 2.75) is 19.4 Å². The second kappa shape index (κ2) is 6.45. The van der Waals surface area contributed by atoms with E-state index in [0.717, 1.165) is 48.8 Å². The zero-order valence-corrected chi connectivity index (χ0v) is 12.4. The van der Waals surface area contributed by atoms with Gasteiger partial charge in [0, 0.05) is 25.8 Å². The van der Waals surface area contributed by atoms with E-state index in [1.165, 1.54) is 0 Å². The maximum absolute atomic E-state index is 5.72. The molecule has 2 heterocycles. The fourth-order valence-corrected chi connectivity index (χ4v) is 2.17. The monoisotopic (exact) mass is 314 g/mol. The molecule has 0 aromatic carbocycles. The highest BCUT2D eigenvalue weighted by Crippen LogP contribution is 2.23. The van der Waals surface area contributed by atoms with E-state index in [1.807, 2.05) is 0 Å². The Hall–Kier alpha value is -0.720. The van der Waals surface area contributed by atoms with E-state index in [4.69, 9.17) is 4.74 Å². The van der Waals surface area contributed by atoms with Gasteiger partial charge >= 0.3 is 0 Å². The molecule has 1 aliphatic rings. The Labute approximate surface area is 116 Å². The molecule has 1 N–H and O–H groups in total. The Morgan fingerprint density at radius 2 is 2.44 bits per heavy atom. The van der Waals surface area contributed by atoms with E-state index in [2.05, 4.69) is 50.1 Å². The van der Waals surface area contributed by atoms with Crippen molar-refractivity contribution in [2.24, 2.45) is 0 Å². The fraction of sp³-hybridized carbons (Fsp3) is 0.667. The molecule has 1 unspecified atom stereocenters. The number of hydrogen-bond acceptors (Lipinski definition) is 5. The lowest BCUT2D eigenvalue weighted by molar-refractivity contribution is -0.0254. The Kier molecular flexibility index (Phi) is 4.91. The molecule has 0 spiro atoms. The van der Waals surface area contributed by atoms with E-state index < -0.39 is 0 Å². The first-order valence-corrected chi connectivity index (χ1v) is 7.06. The number of rotatable bonds is 4. The summed E-state index contributed by atoms with van der Waals surface area (Å²) in [5.74, 6) is 1.60. The first-order valence-electron chi connectivity index (χ1n) is 6.27. The van der Waals surface area contributed by atoms with Crippen LogP contribution in [0.5, 0.6) is 0 Å². The molecule has 1 aliphatic heterocycles. The topological polar surface area (TPSA) is 50.3 Å². The average molecular weight is 315 g/mol. The summed E-state index contributed by atoms with van der Waals surface area (Å²) in [6.45, 7) is 5.57. The predicted octanol–water partition coefficient (Wildman–Crippen LogP) is 2.06. The zero-order valence-electron chi connectivity index (χ0n) is 10.8. The van der Waals surface area contributed by atoms with Crippen LogP contribution in [0.3, 0.4) is 0 Å². The largest absolute Gasteiger partial charge is 0.369 e. The lowest BCUT2D eigenvalue weighted by atomic mass is 10.2. The lowest BCUT2D eigenvalue weighted by Gasteiger charge is -2.29. The number of hydrogen-bond donors (Lipinski definition) is 1. The molecular weight excluding hydrogens is 296 g/mol. The maximum atomic E-state index is 5.72. The van der Waals surface area contributed by atoms with Gasteiger partial charge in [0.25, 0.3) is 0 Å². The summed E-state index contributed by atoms with van der Waals surface area (Å²) in [4.78, 5) is 11.1. The molecule has 5 nitrogen and oxygen atoms in total. The van der Waals surface area contributed by atoms with Crippen LogP contribution in [-0.2, 0) is 4.74 Å². The van der Waals surface area contributed by atoms with E-state index >= 15 is 0 Å². The summed E-state index contributed by atoms with van der Waals surface area (Å²) in [5.41, 5.74) is 0. The molecule has 0 aliphatic carbocycles. The summed E-state index contributed by atoms with van der Waals surface area (Å²) in [6, 6.07) is 0. The molecule has 1 atom stereocenters. The molecule has 0 saturated carbocycles. The van der Waals surface area contributed by atoms with Crippen LogP contribution in [0.1, 0.15) is 25.3 Å². The van der Waals surface area contributed by atoms with Gasteiger partial charge in [-0.1, -0.05) is 6.92 Å². The summed E-state index contributed by atoms with van der Waals surface area (Å²) >= 11 is 3.46. The number of morpholine rings is 1. The van der Waals surface area contributed by atoms with Gasteiger partial charge in [-0.2, -0.15) is 0 Å². The van der Waals surface area contributed by atoms with Crippen molar-refractivity contribution < 1.29 is 4.74 Å². The normalized spacial score (nSPS) is 20.9. The minimum Gasteiger partial charge on any atom is -0.369 e. The van der Waals surface area contributed by atoms with Crippen LogP contribution in [0.4, 0.5) is 5.82 Å². The molecule has 1 aromatic rings. The third-order valence-corrected chi connectivity index (χ3v) is 3.44. The van der Waals surface area contributed by atoms with Crippen LogP contribution in [0.2, 0.25) is 0 Å². The van der Waals surface area contributed by atoms with Gasteiger partial charge in [0.15, 0.2) is 5.82 Å². The smallest absolute Gasteiger partial charge is 0.160 e. The standard InChI is InChI=1S/C12H19BrN4O/c1-3-4-14-11-9(13)7-15-12(16-11)10-8-17(2)5-6-18-10/h7,10H,3-6,8H2,1-2H3,(H,14,15,16). The van der Waals surface area contributed by atoms with Gasteiger partial charge in [-0.05, 0) is 29.4 Å². The second-order valence-electron chi connectivity index (χ2n) is 4.47. The quantitative estimate of drug-likeness (QED) is 0.922. The molecule has 0 amide bonds. The molecule has 0 bridgehead atoms. The second-order valence-corrected chi connectivity index (χ2v) is 5.33. The number of nitrogens with zero attached hydrogens (tertiary/aromatic N) is 3. The molecule has 1 saturated heterocycles. The van der Waals surface area contributed by atoms with Crippen molar-refractivity contribution in [3.05, 3.63) is 16.5 Å². The van der Waals surface area contributed by atoms with Crippen molar-refractivity contribution in [1.29, 1.82) is 0 Å². The highest BCUT2D eigenvalue weighted by molar-refractivity contribution is 9.10. The van der Waals surface area contributed by atoms with Crippen LogP contribution in [0.15, 0.2) is 10.7 Å². The number of ether oxygens (including phenoxy) is 1. The number of aromatic nitrogens is 2. The molecule has 100 valence electrons. The number of anilines is 1. The molecule has 0 radical (unpaired) electrons. The highest BCUT2D eigenvalue weighted by atomic mass is 79.9. The van der Waals surface area contributed by atoms with Gasteiger partial charge in [0.05, 0.1) is 11.1 Å². The first kappa shape index (κ1) is 13.7. The number of halogens is 1. The van der Waals surface area contributed by atoms with E-state index in [9.17, 15) is 0 Å². The molecule has 1 aromatic heterocycles. The van der Waals surface area contributed by atoms with Crippen molar-refractivity contribution in [2.75, 3.05) is 38.6 Å². The Morgan fingerprint density at radius 1 is 1.61 bits per heavy atom. The van der Waals surface area contributed by atoms with Gasteiger partial charge in [-0.15, -0.1) is 0 Å². The Balaban J connectivity index is 2.12. The fourth-order valence-electron chi connectivity index (χ4n) is 1.84. The predicted molar refractivity (Wildman–Crippen MR) is 74.7 cm³/mol. The summed E-state index contributed by atoms with van der Waals surface area (Å²) in [5, 5.41) is 3.29. The molecule has 18 heavy (non-hydrogen) atoms. The summed E-state index contributed by atoms with van der Waals surface area (Å²) < 4.78 is 6.62. The molecular formula is C12H19BrN4O. The highest BCUT2D eigenvalue weighted by Gasteiger charge is 2.22. The number of likely N-dealkylation sites (N-methyl/N-ethyl adjacent to an activating group) is 1. The van der Waals surface area contributed by atoms with Crippen LogP contribution >= 0.6 is 15.9 Å². The van der Waals surface area contributed by atoms with Crippen LogP contribution in [-0.4, -0.2) is 48.2 Å². The van der Waals surface area contributed by atoms with Crippen molar-refractivity contribution in [1.82, 2.24) is 14.9 Å². The van der Waals surface area contributed by atoms with Gasteiger partial charge in [0.1, 0.15) is 11.9 Å². The third-order valence-electron chi connectivity index (χ3n) is 2.86. The molecule has 2 rings (SSSR count). The van der Waals surface area contributed by atoms with Crippen LogP contribution in [0, 0.1) is 0 Å². The molecule has 6 heteroatoms. The zero-order chi connectivity index (χ0) is 13.0. The maximum Gasteiger partial charge on any atom is 0.160 e. The van der Waals surface area contributed by atoms with E-state index in [1.54, 1.807) is 6.20 Å². The van der Waals surface area contributed by atoms with Gasteiger partial charge in [0.2, 0.25) is 0 Å². The van der Waals surface area contributed by atoms with Crippen molar-refractivity contribution in [3.63, 3.8) is 0 Å². The number of nitrogens with one attached hydrogen (secondary N) is 1. The van der Waals surface area contributed by atoms with Gasteiger partial charge in [-0.3, -0.25) is 0 Å².